The van der Waals surface area contributed by atoms with Crippen molar-refractivity contribution in [3.63, 3.8) is 0 Å². The molecule has 86 valence electrons. The van der Waals surface area contributed by atoms with E-state index in [-0.39, 0.29) is 5.60 Å². The van der Waals surface area contributed by atoms with Crippen LogP contribution in [0, 0.1) is 0 Å². The molecule has 1 spiro atoms. The Balaban J connectivity index is 1.70. The fourth-order valence-electron chi connectivity index (χ4n) is 2.59. The van der Waals surface area contributed by atoms with Gasteiger partial charge in [0.2, 0.25) is 0 Å². The summed E-state index contributed by atoms with van der Waals surface area (Å²) in [5.74, 6) is 0. The lowest BCUT2D eigenvalue weighted by Gasteiger charge is -2.38. The summed E-state index contributed by atoms with van der Waals surface area (Å²) in [7, 11) is 2.16. The molecule has 3 nitrogen and oxygen atoms in total. The van der Waals surface area contributed by atoms with Crippen molar-refractivity contribution in [1.82, 2.24) is 5.32 Å². The van der Waals surface area contributed by atoms with Gasteiger partial charge in [0.25, 0.3) is 0 Å². The van der Waals surface area contributed by atoms with E-state index < -0.39 is 0 Å². The lowest BCUT2D eigenvalue weighted by atomic mass is 9.91. The number of nitrogens with zero attached hydrogens (tertiary/aromatic N) is 1. The Kier molecular flexibility index (Phi) is 2.37. The maximum absolute atomic E-state index is 5.93. The van der Waals surface area contributed by atoms with Gasteiger partial charge in [0.05, 0.1) is 18.2 Å². The molecule has 1 aromatic carbocycles. The number of ether oxygens (including phenoxy) is 1. The van der Waals surface area contributed by atoms with Crippen LogP contribution in [0.25, 0.3) is 0 Å². The molecule has 2 heterocycles. The number of anilines is 1. The summed E-state index contributed by atoms with van der Waals surface area (Å²) < 4.78 is 5.93. The van der Waals surface area contributed by atoms with Gasteiger partial charge in [0.1, 0.15) is 0 Å². The maximum atomic E-state index is 5.93. The molecule has 2 aliphatic rings. The van der Waals surface area contributed by atoms with E-state index in [1.54, 1.807) is 0 Å². The molecule has 0 saturated carbocycles. The van der Waals surface area contributed by atoms with Crippen LogP contribution in [0.1, 0.15) is 6.42 Å². The second-order valence-electron chi connectivity index (χ2n) is 4.90. The van der Waals surface area contributed by atoms with Crippen molar-refractivity contribution in [2.45, 2.75) is 18.1 Å². The van der Waals surface area contributed by atoms with E-state index in [0.717, 1.165) is 26.1 Å². The van der Waals surface area contributed by atoms with Gasteiger partial charge in [-0.25, -0.2) is 0 Å². The fraction of sp³-hybridized carbons (Fsp3) is 0.538. The van der Waals surface area contributed by atoms with Crippen molar-refractivity contribution in [2.24, 2.45) is 0 Å². The molecule has 2 aliphatic heterocycles. The zero-order chi connectivity index (χ0) is 11.0. The number of nitrogens with one attached hydrogen (secondary N) is 1. The smallest absolute Gasteiger partial charge is 0.0951 e. The number of hydrogen-bond donors (Lipinski definition) is 1. The Morgan fingerprint density at radius 2 is 2.06 bits per heavy atom. The molecule has 3 heteroatoms. The first kappa shape index (κ1) is 10.1. The summed E-state index contributed by atoms with van der Waals surface area (Å²) in [4.78, 5) is 2.34. The first-order valence-corrected chi connectivity index (χ1v) is 5.92. The monoisotopic (exact) mass is 218 g/mol. The Hall–Kier alpha value is -1.06. The third kappa shape index (κ3) is 1.60. The quantitative estimate of drug-likeness (QED) is 0.808. The van der Waals surface area contributed by atoms with Crippen LogP contribution in [-0.2, 0) is 4.74 Å². The summed E-state index contributed by atoms with van der Waals surface area (Å²) in [5.41, 5.74) is 1.42. The highest BCUT2D eigenvalue weighted by Gasteiger charge is 2.46. The highest BCUT2D eigenvalue weighted by atomic mass is 16.5. The predicted molar refractivity (Wildman–Crippen MR) is 64.8 cm³/mol. The van der Waals surface area contributed by atoms with Crippen molar-refractivity contribution in [1.29, 1.82) is 0 Å². The van der Waals surface area contributed by atoms with Crippen molar-refractivity contribution >= 4 is 5.69 Å². The molecule has 1 N–H and O–H groups in total. The van der Waals surface area contributed by atoms with Gasteiger partial charge in [-0.1, -0.05) is 18.2 Å². The number of rotatable bonds is 2. The van der Waals surface area contributed by atoms with Gasteiger partial charge in [-0.2, -0.15) is 0 Å². The number of para-hydroxylation sites is 1. The van der Waals surface area contributed by atoms with Crippen molar-refractivity contribution < 1.29 is 4.74 Å². The van der Waals surface area contributed by atoms with Gasteiger partial charge in [-0.15, -0.1) is 0 Å². The van der Waals surface area contributed by atoms with E-state index in [0.29, 0.717) is 6.04 Å². The normalized spacial score (nSPS) is 26.7. The minimum absolute atomic E-state index is 0.147. The second-order valence-corrected chi connectivity index (χ2v) is 4.90. The second kappa shape index (κ2) is 3.75. The van der Waals surface area contributed by atoms with Gasteiger partial charge in [-0.3, -0.25) is 0 Å². The summed E-state index contributed by atoms with van der Waals surface area (Å²) in [6.45, 7) is 2.89. The Bertz CT molecular complexity index is 361. The van der Waals surface area contributed by atoms with Crippen LogP contribution < -0.4 is 10.2 Å². The van der Waals surface area contributed by atoms with Crippen LogP contribution in [0.3, 0.4) is 0 Å². The summed E-state index contributed by atoms with van der Waals surface area (Å²) in [6, 6.07) is 11.1. The maximum Gasteiger partial charge on any atom is 0.0951 e. The number of likely N-dealkylation sites (N-methyl/N-ethyl adjacent to an activating group) is 1. The van der Waals surface area contributed by atoms with Crippen molar-refractivity contribution in [2.75, 3.05) is 31.6 Å². The molecule has 2 saturated heterocycles. The molecule has 1 atom stereocenters. The SMILES string of the molecule is CN(c1ccccc1)C1COC2(CNC2)C1. The van der Waals surface area contributed by atoms with E-state index in [1.165, 1.54) is 5.69 Å². The molecule has 3 rings (SSSR count). The molecular weight excluding hydrogens is 200 g/mol. The van der Waals surface area contributed by atoms with Crippen LogP contribution in [-0.4, -0.2) is 38.4 Å². The lowest BCUT2D eigenvalue weighted by molar-refractivity contribution is -0.0359. The van der Waals surface area contributed by atoms with Gasteiger partial charge in [-0.05, 0) is 12.1 Å². The number of benzene rings is 1. The van der Waals surface area contributed by atoms with E-state index in [1.807, 2.05) is 0 Å². The average molecular weight is 218 g/mol. The largest absolute Gasteiger partial charge is 0.370 e. The van der Waals surface area contributed by atoms with Crippen LogP contribution in [0.4, 0.5) is 5.69 Å². The molecule has 0 bridgehead atoms. The zero-order valence-electron chi connectivity index (χ0n) is 9.65. The summed E-state index contributed by atoms with van der Waals surface area (Å²) in [5, 5.41) is 3.30. The lowest BCUT2D eigenvalue weighted by Crippen LogP contribution is -2.59. The first-order chi connectivity index (χ1) is 7.79. The summed E-state index contributed by atoms with van der Waals surface area (Å²) >= 11 is 0. The average Bonchev–Trinajstić information content (AvgIpc) is 2.74. The predicted octanol–water partition coefficient (Wildman–Crippen LogP) is 1.25. The molecule has 0 amide bonds. The van der Waals surface area contributed by atoms with Gasteiger partial charge >= 0.3 is 0 Å². The highest BCUT2D eigenvalue weighted by molar-refractivity contribution is 5.46. The first-order valence-electron chi connectivity index (χ1n) is 5.92. The van der Waals surface area contributed by atoms with Crippen LogP contribution in [0.15, 0.2) is 30.3 Å². The minimum atomic E-state index is 0.147. The van der Waals surface area contributed by atoms with Crippen LogP contribution in [0.5, 0.6) is 0 Å². The van der Waals surface area contributed by atoms with Crippen LogP contribution >= 0.6 is 0 Å². The number of hydrogen-bond acceptors (Lipinski definition) is 3. The third-order valence-electron chi connectivity index (χ3n) is 3.80. The molecule has 1 unspecified atom stereocenters. The van der Waals surface area contributed by atoms with E-state index >= 15 is 0 Å². The van der Waals surface area contributed by atoms with Gasteiger partial charge in [0, 0.05) is 32.2 Å². The fourth-order valence-corrected chi connectivity index (χ4v) is 2.59. The Morgan fingerprint density at radius 3 is 2.62 bits per heavy atom. The van der Waals surface area contributed by atoms with E-state index in [2.05, 4.69) is 47.6 Å². The molecule has 2 fully saturated rings. The molecule has 0 radical (unpaired) electrons. The molecule has 0 aliphatic carbocycles. The molecule has 0 aromatic heterocycles. The van der Waals surface area contributed by atoms with Crippen molar-refractivity contribution in [3.8, 4) is 0 Å². The highest BCUT2D eigenvalue weighted by Crippen LogP contribution is 2.33. The van der Waals surface area contributed by atoms with Crippen LogP contribution in [0.2, 0.25) is 0 Å². The van der Waals surface area contributed by atoms with Gasteiger partial charge < -0.3 is 15.0 Å². The Labute approximate surface area is 96.4 Å². The standard InChI is InChI=1S/C13H18N2O/c1-15(11-5-3-2-4-6-11)12-7-13(16-8-12)9-14-10-13/h2-6,12,14H,7-10H2,1H3. The topological polar surface area (TPSA) is 24.5 Å². The van der Waals surface area contributed by atoms with Crippen molar-refractivity contribution in [3.05, 3.63) is 30.3 Å². The van der Waals surface area contributed by atoms with E-state index in [4.69, 9.17) is 4.74 Å². The van der Waals surface area contributed by atoms with E-state index in [9.17, 15) is 0 Å². The molecule has 16 heavy (non-hydrogen) atoms. The molecular formula is C13H18N2O. The minimum Gasteiger partial charge on any atom is -0.370 e. The Morgan fingerprint density at radius 1 is 1.31 bits per heavy atom. The zero-order valence-corrected chi connectivity index (χ0v) is 9.65. The summed E-state index contributed by atoms with van der Waals surface area (Å²) in [6.07, 6.45) is 1.14. The third-order valence-corrected chi connectivity index (χ3v) is 3.80. The molecule has 1 aromatic rings. The van der Waals surface area contributed by atoms with Gasteiger partial charge in [0.15, 0.2) is 0 Å².